The molecule has 4 rings (SSSR count). The standard InChI is InChI=1S/C27H33N3O3/c31-27(28-16-13-21-7-3-1-4-8-21)24-11-12-25(26(20-24)30(32)33)29-17-14-23(15-18-29)19-22-9-5-2-6-10-22/h2,5-7,9-12,20,23H,1,3-4,8,13-19H2,(H,28,31). The summed E-state index contributed by atoms with van der Waals surface area (Å²) in [6, 6.07) is 15.4. The molecule has 1 N–H and O–H groups in total. The second-order valence-electron chi connectivity index (χ2n) is 9.19. The number of nitrogens with zero attached hydrogens (tertiary/aromatic N) is 2. The van der Waals surface area contributed by atoms with Crippen LogP contribution in [0.5, 0.6) is 0 Å². The van der Waals surface area contributed by atoms with E-state index in [1.54, 1.807) is 12.1 Å². The lowest BCUT2D eigenvalue weighted by Crippen LogP contribution is -2.34. The summed E-state index contributed by atoms with van der Waals surface area (Å²) in [6.45, 7) is 2.15. The Hall–Kier alpha value is -3.15. The van der Waals surface area contributed by atoms with Crippen molar-refractivity contribution in [2.75, 3.05) is 24.5 Å². The van der Waals surface area contributed by atoms with E-state index in [0.29, 0.717) is 23.7 Å². The summed E-state index contributed by atoms with van der Waals surface area (Å²) in [7, 11) is 0. The molecule has 0 radical (unpaired) electrons. The van der Waals surface area contributed by atoms with Crippen molar-refractivity contribution in [3.8, 4) is 0 Å². The summed E-state index contributed by atoms with van der Waals surface area (Å²) in [5, 5.41) is 14.7. The molecule has 1 saturated heterocycles. The van der Waals surface area contributed by atoms with Gasteiger partial charge in [-0.15, -0.1) is 0 Å². The molecule has 0 bridgehead atoms. The highest BCUT2D eigenvalue weighted by Crippen LogP contribution is 2.33. The number of rotatable bonds is 8. The van der Waals surface area contributed by atoms with Crippen molar-refractivity contribution < 1.29 is 9.72 Å². The number of carbonyl (C=O) groups excluding carboxylic acids is 1. The van der Waals surface area contributed by atoms with E-state index in [2.05, 4.69) is 40.6 Å². The molecule has 1 heterocycles. The number of anilines is 1. The molecular formula is C27H33N3O3. The first-order valence-corrected chi connectivity index (χ1v) is 12.1. The summed E-state index contributed by atoms with van der Waals surface area (Å²) in [4.78, 5) is 26.1. The Morgan fingerprint density at radius 1 is 1.09 bits per heavy atom. The summed E-state index contributed by atoms with van der Waals surface area (Å²) in [6.07, 6.45) is 10.9. The van der Waals surface area contributed by atoms with Gasteiger partial charge in [-0.3, -0.25) is 14.9 Å². The Morgan fingerprint density at radius 3 is 2.58 bits per heavy atom. The first-order valence-electron chi connectivity index (χ1n) is 12.1. The van der Waals surface area contributed by atoms with Crippen LogP contribution in [0.4, 0.5) is 11.4 Å². The predicted molar refractivity (Wildman–Crippen MR) is 132 cm³/mol. The minimum atomic E-state index is -0.366. The van der Waals surface area contributed by atoms with Crippen LogP contribution in [0.2, 0.25) is 0 Å². The van der Waals surface area contributed by atoms with Crippen molar-refractivity contribution in [1.29, 1.82) is 0 Å². The van der Waals surface area contributed by atoms with Crippen molar-refractivity contribution in [3.05, 3.63) is 81.4 Å². The SMILES string of the molecule is O=C(NCCC1=CCCCC1)c1ccc(N2CCC(Cc3ccccc3)CC2)c([N+](=O)[O-])c1. The largest absolute Gasteiger partial charge is 0.366 e. The molecule has 1 fully saturated rings. The zero-order valence-electron chi connectivity index (χ0n) is 19.2. The number of nitro groups is 1. The van der Waals surface area contributed by atoms with Gasteiger partial charge in [0.05, 0.1) is 4.92 Å². The van der Waals surface area contributed by atoms with Crippen LogP contribution < -0.4 is 10.2 Å². The molecule has 1 aliphatic heterocycles. The van der Waals surface area contributed by atoms with Gasteiger partial charge in [-0.1, -0.05) is 42.0 Å². The van der Waals surface area contributed by atoms with Gasteiger partial charge in [-0.25, -0.2) is 0 Å². The zero-order chi connectivity index (χ0) is 23.0. The fraction of sp³-hybridized carbons (Fsp3) is 0.444. The molecule has 6 nitrogen and oxygen atoms in total. The van der Waals surface area contributed by atoms with Gasteiger partial charge in [0.25, 0.3) is 11.6 Å². The van der Waals surface area contributed by atoms with Crippen LogP contribution in [0.25, 0.3) is 0 Å². The third kappa shape index (κ3) is 6.21. The average molecular weight is 448 g/mol. The van der Waals surface area contributed by atoms with Gasteiger partial charge in [0, 0.05) is 31.3 Å². The quantitative estimate of drug-likeness (QED) is 0.321. The van der Waals surface area contributed by atoms with E-state index in [1.807, 2.05) is 6.07 Å². The number of nitro benzene ring substituents is 1. The maximum Gasteiger partial charge on any atom is 0.293 e. The van der Waals surface area contributed by atoms with Gasteiger partial charge >= 0.3 is 0 Å². The van der Waals surface area contributed by atoms with Crippen LogP contribution >= 0.6 is 0 Å². The molecule has 2 aromatic carbocycles. The number of allylic oxidation sites excluding steroid dienone is 1. The molecule has 0 saturated carbocycles. The molecule has 2 aromatic rings. The highest BCUT2D eigenvalue weighted by Gasteiger charge is 2.26. The average Bonchev–Trinajstić information content (AvgIpc) is 2.85. The van der Waals surface area contributed by atoms with Gasteiger partial charge in [-0.05, 0) is 75.0 Å². The van der Waals surface area contributed by atoms with E-state index in [9.17, 15) is 14.9 Å². The molecule has 0 atom stereocenters. The Kier molecular flexibility index (Phi) is 7.76. The van der Waals surface area contributed by atoms with E-state index in [4.69, 9.17) is 0 Å². The van der Waals surface area contributed by atoms with Gasteiger partial charge in [0.15, 0.2) is 0 Å². The predicted octanol–water partition coefficient (Wildman–Crippen LogP) is 5.67. The van der Waals surface area contributed by atoms with Crippen LogP contribution in [0.3, 0.4) is 0 Å². The highest BCUT2D eigenvalue weighted by molar-refractivity contribution is 5.95. The minimum Gasteiger partial charge on any atom is -0.366 e. The number of benzene rings is 2. The summed E-state index contributed by atoms with van der Waals surface area (Å²) in [5.74, 6) is 0.342. The topological polar surface area (TPSA) is 75.5 Å². The van der Waals surface area contributed by atoms with Crippen LogP contribution in [0.15, 0.2) is 60.2 Å². The number of carbonyl (C=O) groups is 1. The Morgan fingerprint density at radius 2 is 1.88 bits per heavy atom. The number of nitrogens with one attached hydrogen (secondary N) is 1. The monoisotopic (exact) mass is 447 g/mol. The van der Waals surface area contributed by atoms with Crippen molar-refractivity contribution in [2.45, 2.75) is 51.4 Å². The lowest BCUT2D eigenvalue weighted by Gasteiger charge is -2.33. The fourth-order valence-electron chi connectivity index (χ4n) is 4.97. The molecule has 1 amide bonds. The van der Waals surface area contributed by atoms with Crippen molar-refractivity contribution in [1.82, 2.24) is 5.32 Å². The highest BCUT2D eigenvalue weighted by atomic mass is 16.6. The molecule has 2 aliphatic rings. The number of piperidine rings is 1. The first-order chi connectivity index (χ1) is 16.1. The summed E-state index contributed by atoms with van der Waals surface area (Å²) in [5.41, 5.74) is 3.72. The van der Waals surface area contributed by atoms with E-state index in [0.717, 1.165) is 51.6 Å². The van der Waals surface area contributed by atoms with Crippen LogP contribution in [-0.2, 0) is 6.42 Å². The van der Waals surface area contributed by atoms with Gasteiger partial charge in [0.2, 0.25) is 0 Å². The van der Waals surface area contributed by atoms with Gasteiger partial charge in [-0.2, -0.15) is 0 Å². The molecule has 0 aromatic heterocycles. The van der Waals surface area contributed by atoms with Crippen LogP contribution in [0.1, 0.15) is 60.9 Å². The Balaban J connectivity index is 1.35. The number of hydrogen-bond acceptors (Lipinski definition) is 4. The first kappa shape index (κ1) is 23.0. The van der Waals surface area contributed by atoms with Crippen molar-refractivity contribution in [2.24, 2.45) is 5.92 Å². The molecular weight excluding hydrogens is 414 g/mol. The third-order valence-electron chi connectivity index (χ3n) is 6.87. The van der Waals surface area contributed by atoms with E-state index in [-0.39, 0.29) is 16.5 Å². The lowest BCUT2D eigenvalue weighted by molar-refractivity contribution is -0.384. The lowest BCUT2D eigenvalue weighted by atomic mass is 9.90. The van der Waals surface area contributed by atoms with E-state index in [1.165, 1.54) is 30.0 Å². The Bertz CT molecular complexity index is 995. The number of hydrogen-bond donors (Lipinski definition) is 1. The molecule has 0 spiro atoms. The molecule has 174 valence electrons. The number of amides is 1. The third-order valence-corrected chi connectivity index (χ3v) is 6.87. The molecule has 6 heteroatoms. The molecule has 1 aliphatic carbocycles. The maximum absolute atomic E-state index is 12.6. The summed E-state index contributed by atoms with van der Waals surface area (Å²) < 4.78 is 0. The zero-order valence-corrected chi connectivity index (χ0v) is 19.2. The minimum absolute atomic E-state index is 0.0131. The summed E-state index contributed by atoms with van der Waals surface area (Å²) >= 11 is 0. The van der Waals surface area contributed by atoms with E-state index < -0.39 is 0 Å². The maximum atomic E-state index is 12.6. The van der Waals surface area contributed by atoms with Crippen molar-refractivity contribution >= 4 is 17.3 Å². The fourth-order valence-corrected chi connectivity index (χ4v) is 4.97. The van der Waals surface area contributed by atoms with Crippen molar-refractivity contribution in [3.63, 3.8) is 0 Å². The van der Waals surface area contributed by atoms with E-state index >= 15 is 0 Å². The molecule has 0 unspecified atom stereocenters. The van der Waals surface area contributed by atoms with Gasteiger partial charge < -0.3 is 10.2 Å². The smallest absolute Gasteiger partial charge is 0.293 e. The van der Waals surface area contributed by atoms with Crippen LogP contribution in [0, 0.1) is 16.0 Å². The second-order valence-corrected chi connectivity index (χ2v) is 9.19. The Labute approximate surface area is 195 Å². The normalized spacial score (nSPS) is 16.8. The molecule has 33 heavy (non-hydrogen) atoms. The van der Waals surface area contributed by atoms with Crippen LogP contribution in [-0.4, -0.2) is 30.5 Å². The second kappa shape index (κ2) is 11.1. The van der Waals surface area contributed by atoms with Gasteiger partial charge in [0.1, 0.15) is 5.69 Å².